The number of halogens is 1. The van der Waals surface area contributed by atoms with Crippen LogP contribution in [0.25, 0.3) is 0 Å². The minimum absolute atomic E-state index is 0.458. The number of nitrogens with zero attached hydrogens (tertiary/aromatic N) is 3. The molecule has 3 nitrogen and oxygen atoms in total. The van der Waals surface area contributed by atoms with Gasteiger partial charge in [-0.3, -0.25) is 0 Å². The Balaban J connectivity index is 2.05. The quantitative estimate of drug-likeness (QED) is 0.799. The topological polar surface area (TPSA) is 30.3 Å². The number of anilines is 1. The Labute approximate surface area is 126 Å². The van der Waals surface area contributed by atoms with E-state index in [0.29, 0.717) is 5.88 Å². The zero-order valence-corrected chi connectivity index (χ0v) is 13.0. The molecule has 0 N–H and O–H groups in total. The van der Waals surface area contributed by atoms with Crippen molar-refractivity contribution in [2.24, 2.45) is 5.92 Å². The lowest BCUT2D eigenvalue weighted by Gasteiger charge is -2.35. The number of hydrogen-bond acceptors (Lipinski definition) is 3. The van der Waals surface area contributed by atoms with Crippen LogP contribution in [0, 0.1) is 17.2 Å². The van der Waals surface area contributed by atoms with Crippen molar-refractivity contribution in [2.75, 3.05) is 38.6 Å². The van der Waals surface area contributed by atoms with Crippen molar-refractivity contribution in [1.82, 2.24) is 4.90 Å². The van der Waals surface area contributed by atoms with Crippen molar-refractivity contribution < 1.29 is 0 Å². The predicted molar refractivity (Wildman–Crippen MR) is 84.2 cm³/mol. The Morgan fingerprint density at radius 2 is 2.05 bits per heavy atom. The SMILES string of the molecule is CN(C)CC1CCN(c2ccc(CCl)cc2C#N)CC1. The zero-order valence-electron chi connectivity index (χ0n) is 12.3. The van der Waals surface area contributed by atoms with E-state index in [-0.39, 0.29) is 0 Å². The van der Waals surface area contributed by atoms with Crippen LogP contribution in [-0.4, -0.2) is 38.6 Å². The summed E-state index contributed by atoms with van der Waals surface area (Å²) in [6, 6.07) is 8.28. The molecule has 4 heteroatoms. The van der Waals surface area contributed by atoms with Crippen LogP contribution in [0.5, 0.6) is 0 Å². The molecule has 1 aliphatic heterocycles. The maximum absolute atomic E-state index is 9.31. The Bertz CT molecular complexity index is 485. The lowest BCUT2D eigenvalue weighted by molar-refractivity contribution is 0.285. The van der Waals surface area contributed by atoms with Gasteiger partial charge in [-0.1, -0.05) is 6.07 Å². The molecule has 0 aromatic heterocycles. The van der Waals surface area contributed by atoms with Gasteiger partial charge in [0.15, 0.2) is 0 Å². The van der Waals surface area contributed by atoms with Crippen molar-refractivity contribution >= 4 is 17.3 Å². The van der Waals surface area contributed by atoms with E-state index in [1.54, 1.807) is 0 Å². The normalized spacial score (nSPS) is 16.4. The molecule has 0 saturated carbocycles. The van der Waals surface area contributed by atoms with Crippen molar-refractivity contribution in [3.63, 3.8) is 0 Å². The number of nitriles is 1. The summed E-state index contributed by atoms with van der Waals surface area (Å²) in [7, 11) is 4.26. The van der Waals surface area contributed by atoms with Crippen molar-refractivity contribution in [2.45, 2.75) is 18.7 Å². The highest BCUT2D eigenvalue weighted by Crippen LogP contribution is 2.27. The fourth-order valence-corrected chi connectivity index (χ4v) is 3.07. The van der Waals surface area contributed by atoms with Crippen LogP contribution in [0.1, 0.15) is 24.0 Å². The average molecular weight is 292 g/mol. The van der Waals surface area contributed by atoms with Gasteiger partial charge in [-0.15, -0.1) is 11.6 Å². The number of hydrogen-bond donors (Lipinski definition) is 0. The molecule has 1 heterocycles. The van der Waals surface area contributed by atoms with Crippen LogP contribution in [0.3, 0.4) is 0 Å². The molecule has 1 aromatic rings. The molecule has 0 unspecified atom stereocenters. The highest BCUT2D eigenvalue weighted by atomic mass is 35.5. The van der Waals surface area contributed by atoms with Crippen molar-refractivity contribution in [3.8, 4) is 6.07 Å². The molecule has 1 fully saturated rings. The first-order chi connectivity index (χ1) is 9.63. The zero-order chi connectivity index (χ0) is 14.5. The van der Waals surface area contributed by atoms with E-state index in [1.807, 2.05) is 18.2 Å². The predicted octanol–water partition coefficient (Wildman–Crippen LogP) is 3.08. The third-order valence-corrected chi connectivity index (χ3v) is 4.22. The first-order valence-electron chi connectivity index (χ1n) is 7.12. The summed E-state index contributed by atoms with van der Waals surface area (Å²) >= 11 is 5.83. The molecule has 2 rings (SSSR count). The van der Waals surface area contributed by atoms with E-state index in [4.69, 9.17) is 11.6 Å². The molecule has 0 bridgehead atoms. The molecule has 0 atom stereocenters. The molecule has 0 spiro atoms. The highest BCUT2D eigenvalue weighted by Gasteiger charge is 2.21. The lowest BCUT2D eigenvalue weighted by Crippen LogP contribution is -2.37. The van der Waals surface area contributed by atoms with Gasteiger partial charge in [0.2, 0.25) is 0 Å². The minimum atomic E-state index is 0.458. The summed E-state index contributed by atoms with van der Waals surface area (Å²) in [5, 5.41) is 9.31. The van der Waals surface area contributed by atoms with Gasteiger partial charge in [0, 0.05) is 25.5 Å². The summed E-state index contributed by atoms with van der Waals surface area (Å²) in [4.78, 5) is 4.60. The molecule has 1 aliphatic rings. The van der Waals surface area contributed by atoms with Gasteiger partial charge in [0.25, 0.3) is 0 Å². The Kier molecular flexibility index (Phi) is 5.28. The summed E-state index contributed by atoms with van der Waals surface area (Å²) < 4.78 is 0. The third kappa shape index (κ3) is 3.65. The summed E-state index contributed by atoms with van der Waals surface area (Å²) in [6.07, 6.45) is 2.39. The van der Waals surface area contributed by atoms with Gasteiger partial charge in [0.05, 0.1) is 11.3 Å². The number of alkyl halides is 1. The molecule has 1 saturated heterocycles. The number of benzene rings is 1. The van der Waals surface area contributed by atoms with Gasteiger partial charge < -0.3 is 9.80 Å². The Morgan fingerprint density at radius 1 is 1.35 bits per heavy atom. The van der Waals surface area contributed by atoms with E-state index in [0.717, 1.165) is 42.4 Å². The van der Waals surface area contributed by atoms with Crippen LogP contribution in [-0.2, 0) is 5.88 Å². The second-order valence-corrected chi connectivity index (χ2v) is 6.06. The summed E-state index contributed by atoms with van der Waals surface area (Å²) in [5.74, 6) is 1.23. The van der Waals surface area contributed by atoms with Crippen LogP contribution in [0.2, 0.25) is 0 Å². The summed E-state index contributed by atoms with van der Waals surface area (Å²) in [6.45, 7) is 3.23. The molecule has 0 amide bonds. The van der Waals surface area contributed by atoms with Crippen LogP contribution < -0.4 is 4.90 Å². The number of piperidine rings is 1. The first-order valence-corrected chi connectivity index (χ1v) is 7.66. The highest BCUT2D eigenvalue weighted by molar-refractivity contribution is 6.17. The molecule has 0 aliphatic carbocycles. The first kappa shape index (κ1) is 15.2. The molecular formula is C16H22ClN3. The lowest BCUT2D eigenvalue weighted by atomic mass is 9.95. The molecule has 0 radical (unpaired) electrons. The standard InChI is InChI=1S/C16H22ClN3/c1-19(2)12-13-5-7-20(8-6-13)16-4-3-14(10-17)9-15(16)11-18/h3-4,9,13H,5-8,10,12H2,1-2H3. The summed E-state index contributed by atoms with van der Waals surface area (Å²) in [5.41, 5.74) is 2.81. The van der Waals surface area contributed by atoms with E-state index in [1.165, 1.54) is 12.8 Å². The fraction of sp³-hybridized carbons (Fsp3) is 0.562. The number of rotatable bonds is 4. The van der Waals surface area contributed by atoms with Gasteiger partial charge in [-0.2, -0.15) is 5.26 Å². The largest absolute Gasteiger partial charge is 0.370 e. The van der Waals surface area contributed by atoms with Gasteiger partial charge >= 0.3 is 0 Å². The van der Waals surface area contributed by atoms with Crippen LogP contribution in [0.15, 0.2) is 18.2 Å². The second kappa shape index (κ2) is 6.97. The monoisotopic (exact) mass is 291 g/mol. The maximum atomic E-state index is 9.31. The van der Waals surface area contributed by atoms with E-state index in [9.17, 15) is 5.26 Å². The molecule has 20 heavy (non-hydrogen) atoms. The molecule has 1 aromatic carbocycles. The van der Waals surface area contributed by atoms with E-state index in [2.05, 4.69) is 30.0 Å². The van der Waals surface area contributed by atoms with Crippen LogP contribution in [0.4, 0.5) is 5.69 Å². The smallest absolute Gasteiger partial charge is 0.101 e. The minimum Gasteiger partial charge on any atom is -0.370 e. The van der Waals surface area contributed by atoms with Crippen LogP contribution >= 0.6 is 11.6 Å². The van der Waals surface area contributed by atoms with Gasteiger partial charge in [0.1, 0.15) is 6.07 Å². The maximum Gasteiger partial charge on any atom is 0.101 e. The van der Waals surface area contributed by atoms with Gasteiger partial charge in [-0.25, -0.2) is 0 Å². The van der Waals surface area contributed by atoms with Gasteiger partial charge in [-0.05, 0) is 50.6 Å². The second-order valence-electron chi connectivity index (χ2n) is 5.79. The van der Waals surface area contributed by atoms with Crippen molar-refractivity contribution in [3.05, 3.63) is 29.3 Å². The average Bonchev–Trinajstić information content (AvgIpc) is 2.47. The van der Waals surface area contributed by atoms with E-state index >= 15 is 0 Å². The van der Waals surface area contributed by atoms with Crippen molar-refractivity contribution in [1.29, 1.82) is 5.26 Å². The Hall–Kier alpha value is -1.24. The third-order valence-electron chi connectivity index (χ3n) is 3.91. The Morgan fingerprint density at radius 3 is 2.60 bits per heavy atom. The molecule has 108 valence electrons. The molecular weight excluding hydrogens is 270 g/mol. The fourth-order valence-electron chi connectivity index (χ4n) is 2.90. The van der Waals surface area contributed by atoms with E-state index < -0.39 is 0 Å².